The summed E-state index contributed by atoms with van der Waals surface area (Å²) in [5, 5.41) is 3.35. The van der Waals surface area contributed by atoms with Crippen LogP contribution in [0.1, 0.15) is 19.8 Å². The van der Waals surface area contributed by atoms with E-state index in [1.54, 1.807) is 19.2 Å². The van der Waals surface area contributed by atoms with Gasteiger partial charge in [-0.15, -0.1) is 0 Å². The maximum Gasteiger partial charge on any atom is 0.193 e. The summed E-state index contributed by atoms with van der Waals surface area (Å²) in [7, 11) is 1.75. The third-order valence-electron chi connectivity index (χ3n) is 3.97. The van der Waals surface area contributed by atoms with Crippen molar-refractivity contribution in [3.05, 3.63) is 30.1 Å². The van der Waals surface area contributed by atoms with Gasteiger partial charge in [0.25, 0.3) is 0 Å². The molecule has 134 valence electrons. The second-order valence-electron chi connectivity index (χ2n) is 5.95. The van der Waals surface area contributed by atoms with Gasteiger partial charge in [-0.3, -0.25) is 4.99 Å². The van der Waals surface area contributed by atoms with Crippen LogP contribution in [-0.4, -0.2) is 57.4 Å². The number of methoxy groups -OCH3 is 1. The van der Waals surface area contributed by atoms with Gasteiger partial charge in [0.1, 0.15) is 11.6 Å². The van der Waals surface area contributed by atoms with Crippen LogP contribution in [0.15, 0.2) is 29.3 Å². The molecule has 0 bridgehead atoms. The Hall–Kier alpha value is -1.82. The third kappa shape index (κ3) is 6.00. The van der Waals surface area contributed by atoms with Crippen molar-refractivity contribution in [2.45, 2.75) is 19.8 Å². The Labute approximate surface area is 143 Å². The summed E-state index contributed by atoms with van der Waals surface area (Å²) in [5.74, 6) is 1.99. The molecule has 0 saturated carbocycles. The van der Waals surface area contributed by atoms with Crippen LogP contribution >= 0.6 is 0 Å². The van der Waals surface area contributed by atoms with Gasteiger partial charge < -0.3 is 19.7 Å². The molecule has 1 aliphatic rings. The molecule has 1 aromatic rings. The number of benzene rings is 1. The maximum absolute atomic E-state index is 12.8. The minimum absolute atomic E-state index is 0.250. The molecule has 1 aromatic carbocycles. The van der Waals surface area contributed by atoms with E-state index in [0.717, 1.165) is 45.0 Å². The summed E-state index contributed by atoms with van der Waals surface area (Å²) < 4.78 is 23.7. The average Bonchev–Trinajstić information content (AvgIpc) is 3.04. The largest absolute Gasteiger partial charge is 0.494 e. The molecular formula is C18H28FN3O2. The van der Waals surface area contributed by atoms with E-state index in [4.69, 9.17) is 9.47 Å². The van der Waals surface area contributed by atoms with Gasteiger partial charge in [-0.25, -0.2) is 4.39 Å². The van der Waals surface area contributed by atoms with Crippen molar-refractivity contribution < 1.29 is 13.9 Å². The van der Waals surface area contributed by atoms with Gasteiger partial charge >= 0.3 is 0 Å². The number of halogens is 1. The molecule has 0 spiro atoms. The van der Waals surface area contributed by atoms with Crippen LogP contribution < -0.4 is 10.1 Å². The fourth-order valence-electron chi connectivity index (χ4n) is 2.79. The molecule has 1 fully saturated rings. The molecule has 24 heavy (non-hydrogen) atoms. The van der Waals surface area contributed by atoms with Gasteiger partial charge in [0.15, 0.2) is 5.96 Å². The number of nitrogens with zero attached hydrogens (tertiary/aromatic N) is 2. The summed E-state index contributed by atoms with van der Waals surface area (Å²) >= 11 is 0. The minimum Gasteiger partial charge on any atom is -0.494 e. The van der Waals surface area contributed by atoms with Gasteiger partial charge in [0.05, 0.1) is 13.2 Å². The maximum atomic E-state index is 12.8. The van der Waals surface area contributed by atoms with E-state index in [-0.39, 0.29) is 5.82 Å². The van der Waals surface area contributed by atoms with Crippen molar-refractivity contribution >= 4 is 5.96 Å². The summed E-state index contributed by atoms with van der Waals surface area (Å²) in [5.41, 5.74) is 0. The van der Waals surface area contributed by atoms with E-state index in [2.05, 4.69) is 22.1 Å². The highest BCUT2D eigenvalue weighted by atomic mass is 19.1. The van der Waals surface area contributed by atoms with Crippen molar-refractivity contribution in [2.75, 3.05) is 46.5 Å². The number of hydrogen-bond donors (Lipinski definition) is 1. The number of aliphatic imine (C=N–C) groups is 1. The topological polar surface area (TPSA) is 46.1 Å². The first-order valence-electron chi connectivity index (χ1n) is 8.63. The fourth-order valence-corrected chi connectivity index (χ4v) is 2.79. The quantitative estimate of drug-likeness (QED) is 0.450. The molecule has 0 amide bonds. The highest BCUT2D eigenvalue weighted by molar-refractivity contribution is 5.80. The summed E-state index contributed by atoms with van der Waals surface area (Å²) in [6, 6.07) is 6.09. The molecule has 1 aliphatic heterocycles. The number of nitrogens with one attached hydrogen (secondary N) is 1. The first-order valence-corrected chi connectivity index (χ1v) is 8.63. The average molecular weight is 337 g/mol. The zero-order valence-corrected chi connectivity index (χ0v) is 14.6. The first kappa shape index (κ1) is 18.5. The number of ether oxygens (including phenoxy) is 2. The Kier molecular flexibility index (Phi) is 7.82. The lowest BCUT2D eigenvalue weighted by molar-refractivity contribution is 0.157. The van der Waals surface area contributed by atoms with Gasteiger partial charge in [-0.2, -0.15) is 0 Å². The molecule has 5 nitrogen and oxygen atoms in total. The Bertz CT molecular complexity index is 507. The number of hydrogen-bond acceptors (Lipinski definition) is 3. The van der Waals surface area contributed by atoms with Crippen LogP contribution in [0.3, 0.4) is 0 Å². The van der Waals surface area contributed by atoms with Crippen LogP contribution in [0.5, 0.6) is 5.75 Å². The van der Waals surface area contributed by atoms with E-state index in [1.807, 2.05) is 0 Å². The van der Waals surface area contributed by atoms with Crippen LogP contribution in [0.4, 0.5) is 4.39 Å². The van der Waals surface area contributed by atoms with Crippen molar-refractivity contribution in [2.24, 2.45) is 10.9 Å². The normalized spacial score (nSPS) is 18.0. The van der Waals surface area contributed by atoms with Crippen molar-refractivity contribution in [1.82, 2.24) is 10.2 Å². The Morgan fingerprint density at radius 1 is 1.38 bits per heavy atom. The molecule has 1 saturated heterocycles. The van der Waals surface area contributed by atoms with E-state index in [0.29, 0.717) is 24.8 Å². The van der Waals surface area contributed by atoms with E-state index in [1.165, 1.54) is 12.1 Å². The van der Waals surface area contributed by atoms with Crippen molar-refractivity contribution in [3.63, 3.8) is 0 Å². The SMILES string of the molecule is CCNC(=NCCCOc1ccc(F)cc1)N1CCC(COC)C1. The van der Waals surface area contributed by atoms with Crippen LogP contribution in [0.25, 0.3) is 0 Å². The van der Waals surface area contributed by atoms with Crippen molar-refractivity contribution in [3.8, 4) is 5.75 Å². The molecule has 1 atom stereocenters. The van der Waals surface area contributed by atoms with E-state index >= 15 is 0 Å². The van der Waals surface area contributed by atoms with Crippen LogP contribution in [-0.2, 0) is 4.74 Å². The molecule has 2 rings (SSSR count). The minimum atomic E-state index is -0.250. The molecule has 6 heteroatoms. The monoisotopic (exact) mass is 337 g/mol. The Morgan fingerprint density at radius 2 is 2.17 bits per heavy atom. The highest BCUT2D eigenvalue weighted by Crippen LogP contribution is 2.16. The standard InChI is InChI=1S/C18H28FN3O2/c1-3-20-18(22-11-9-15(13-22)14-23-2)21-10-4-12-24-17-7-5-16(19)6-8-17/h5-8,15H,3-4,9-14H2,1-2H3,(H,20,21). The predicted molar refractivity (Wildman–Crippen MR) is 94.0 cm³/mol. The molecule has 0 aliphatic carbocycles. The first-order chi connectivity index (χ1) is 11.7. The van der Waals surface area contributed by atoms with Gasteiger partial charge in [-0.05, 0) is 37.6 Å². The molecule has 1 unspecified atom stereocenters. The number of likely N-dealkylation sites (tertiary alicyclic amines) is 1. The fraction of sp³-hybridized carbons (Fsp3) is 0.611. The molecule has 1 heterocycles. The van der Waals surface area contributed by atoms with Crippen LogP contribution in [0, 0.1) is 11.7 Å². The smallest absolute Gasteiger partial charge is 0.193 e. The van der Waals surface area contributed by atoms with Crippen molar-refractivity contribution in [1.29, 1.82) is 0 Å². The number of rotatable bonds is 8. The third-order valence-corrected chi connectivity index (χ3v) is 3.97. The molecular weight excluding hydrogens is 309 g/mol. The summed E-state index contributed by atoms with van der Waals surface area (Å²) in [6.45, 7) is 7.03. The molecule has 0 aromatic heterocycles. The zero-order chi connectivity index (χ0) is 17.2. The molecule has 0 radical (unpaired) electrons. The lowest BCUT2D eigenvalue weighted by atomic mass is 10.1. The van der Waals surface area contributed by atoms with Gasteiger partial charge in [0, 0.05) is 45.6 Å². The lowest BCUT2D eigenvalue weighted by Gasteiger charge is -2.21. The Balaban J connectivity index is 1.73. The van der Waals surface area contributed by atoms with Gasteiger partial charge in [-0.1, -0.05) is 0 Å². The van der Waals surface area contributed by atoms with Gasteiger partial charge in [0.2, 0.25) is 0 Å². The summed E-state index contributed by atoms with van der Waals surface area (Å²) in [6.07, 6.45) is 1.97. The van der Waals surface area contributed by atoms with E-state index < -0.39 is 0 Å². The second-order valence-corrected chi connectivity index (χ2v) is 5.95. The summed E-state index contributed by atoms with van der Waals surface area (Å²) in [4.78, 5) is 6.99. The van der Waals surface area contributed by atoms with Crippen LogP contribution in [0.2, 0.25) is 0 Å². The molecule has 1 N–H and O–H groups in total. The highest BCUT2D eigenvalue weighted by Gasteiger charge is 2.24. The predicted octanol–water partition coefficient (Wildman–Crippen LogP) is 2.53. The zero-order valence-electron chi connectivity index (χ0n) is 14.6. The second kappa shape index (κ2) is 10.1. The number of guanidine groups is 1. The lowest BCUT2D eigenvalue weighted by Crippen LogP contribution is -2.40. The van der Waals surface area contributed by atoms with E-state index in [9.17, 15) is 4.39 Å². The Morgan fingerprint density at radius 3 is 2.88 bits per heavy atom.